The lowest BCUT2D eigenvalue weighted by Crippen LogP contribution is -2.32. The van der Waals surface area contributed by atoms with Crippen molar-refractivity contribution in [3.05, 3.63) is 11.9 Å². The molecule has 0 saturated carbocycles. The number of hydrogen-bond donors (Lipinski definition) is 2. The number of carbonyl (C=O) groups excluding carboxylic acids is 1. The summed E-state index contributed by atoms with van der Waals surface area (Å²) >= 11 is 0. The van der Waals surface area contributed by atoms with Crippen LogP contribution in [0.3, 0.4) is 0 Å². The second-order valence-corrected chi connectivity index (χ2v) is 2.81. The molecule has 72 valence electrons. The molecular weight excluding hydrogens is 168 g/mol. The predicted molar refractivity (Wildman–Crippen MR) is 51.3 cm³/mol. The summed E-state index contributed by atoms with van der Waals surface area (Å²) in [6.07, 6.45) is 3.42. The van der Waals surface area contributed by atoms with E-state index in [0.29, 0.717) is 18.8 Å². The monoisotopic (exact) mass is 182 g/mol. The van der Waals surface area contributed by atoms with E-state index in [1.807, 2.05) is 11.9 Å². The van der Waals surface area contributed by atoms with E-state index < -0.39 is 0 Å². The highest BCUT2D eigenvalue weighted by Gasteiger charge is 2.10. The largest absolute Gasteiger partial charge is 0.373 e. The van der Waals surface area contributed by atoms with Crippen LogP contribution in [0.4, 0.5) is 0 Å². The standard InChI is InChI=1S/C8H14N4O/c1-12-5-4-10-7(6-12)8(13)11-3-2-9/h4,6H,2-3,5,9H2,1H3,(H,11,13). The summed E-state index contributed by atoms with van der Waals surface area (Å²) in [5.41, 5.74) is 5.68. The highest BCUT2D eigenvalue weighted by molar-refractivity contribution is 5.95. The van der Waals surface area contributed by atoms with Gasteiger partial charge in [0, 0.05) is 32.6 Å². The molecule has 5 heteroatoms. The molecule has 0 saturated heterocycles. The third-order valence-electron chi connectivity index (χ3n) is 1.61. The summed E-state index contributed by atoms with van der Waals surface area (Å²) in [6, 6.07) is 0. The molecule has 1 amide bonds. The Morgan fingerprint density at radius 2 is 2.62 bits per heavy atom. The molecule has 5 nitrogen and oxygen atoms in total. The van der Waals surface area contributed by atoms with Crippen LogP contribution in [-0.2, 0) is 4.79 Å². The van der Waals surface area contributed by atoms with Gasteiger partial charge in [0.2, 0.25) is 0 Å². The van der Waals surface area contributed by atoms with Crippen LogP contribution in [0.2, 0.25) is 0 Å². The normalized spacial score (nSPS) is 15.5. The van der Waals surface area contributed by atoms with Gasteiger partial charge in [-0.3, -0.25) is 9.79 Å². The van der Waals surface area contributed by atoms with Gasteiger partial charge in [0.1, 0.15) is 5.70 Å². The SMILES string of the molecule is CN1C=C(C(=O)NCCN)N=CC1. The van der Waals surface area contributed by atoms with Gasteiger partial charge in [0.25, 0.3) is 5.91 Å². The third-order valence-corrected chi connectivity index (χ3v) is 1.61. The van der Waals surface area contributed by atoms with Crippen molar-refractivity contribution >= 4 is 12.1 Å². The van der Waals surface area contributed by atoms with E-state index in [4.69, 9.17) is 5.73 Å². The predicted octanol–water partition coefficient (Wildman–Crippen LogP) is -1.08. The first kappa shape index (κ1) is 9.73. The quantitative estimate of drug-likeness (QED) is 0.583. The molecule has 1 aliphatic heterocycles. The van der Waals surface area contributed by atoms with Crippen molar-refractivity contribution in [1.82, 2.24) is 10.2 Å². The number of hydrogen-bond acceptors (Lipinski definition) is 4. The van der Waals surface area contributed by atoms with Crippen molar-refractivity contribution in [2.45, 2.75) is 0 Å². The summed E-state index contributed by atoms with van der Waals surface area (Å²) in [7, 11) is 1.89. The molecule has 0 spiro atoms. The molecule has 0 fully saturated rings. The zero-order chi connectivity index (χ0) is 9.68. The van der Waals surface area contributed by atoms with Gasteiger partial charge >= 0.3 is 0 Å². The molecule has 13 heavy (non-hydrogen) atoms. The lowest BCUT2D eigenvalue weighted by Gasteiger charge is -2.16. The number of nitrogens with two attached hydrogens (primary N) is 1. The maximum absolute atomic E-state index is 11.3. The van der Waals surface area contributed by atoms with Crippen molar-refractivity contribution in [3.8, 4) is 0 Å². The molecule has 0 aromatic heterocycles. The highest BCUT2D eigenvalue weighted by atomic mass is 16.2. The van der Waals surface area contributed by atoms with Crippen molar-refractivity contribution in [2.75, 3.05) is 26.7 Å². The number of carbonyl (C=O) groups is 1. The van der Waals surface area contributed by atoms with Crippen LogP contribution in [0.15, 0.2) is 16.9 Å². The van der Waals surface area contributed by atoms with E-state index in [0.717, 1.165) is 6.54 Å². The molecule has 1 heterocycles. The maximum Gasteiger partial charge on any atom is 0.271 e. The van der Waals surface area contributed by atoms with Gasteiger partial charge in [-0.1, -0.05) is 0 Å². The van der Waals surface area contributed by atoms with Crippen LogP contribution in [0.1, 0.15) is 0 Å². The Balaban J connectivity index is 2.51. The Kier molecular flexibility index (Phi) is 3.45. The van der Waals surface area contributed by atoms with Crippen molar-refractivity contribution in [3.63, 3.8) is 0 Å². The average Bonchev–Trinajstić information content (AvgIpc) is 2.14. The molecule has 0 aromatic rings. The number of aliphatic imine (C=N–C) groups is 1. The van der Waals surface area contributed by atoms with Crippen molar-refractivity contribution in [1.29, 1.82) is 0 Å². The number of nitrogens with zero attached hydrogens (tertiary/aromatic N) is 2. The number of nitrogens with one attached hydrogen (secondary N) is 1. The third kappa shape index (κ3) is 2.87. The molecule has 3 N–H and O–H groups in total. The summed E-state index contributed by atoms with van der Waals surface area (Å²) in [5, 5.41) is 2.65. The van der Waals surface area contributed by atoms with E-state index in [2.05, 4.69) is 10.3 Å². The first-order valence-electron chi connectivity index (χ1n) is 4.17. The summed E-state index contributed by atoms with van der Waals surface area (Å²) in [4.78, 5) is 17.2. The molecule has 1 aliphatic rings. The Labute approximate surface area is 77.3 Å². The fraction of sp³-hybridized carbons (Fsp3) is 0.500. The van der Waals surface area contributed by atoms with Crippen LogP contribution >= 0.6 is 0 Å². The van der Waals surface area contributed by atoms with Gasteiger partial charge in [-0.25, -0.2) is 0 Å². The molecule has 1 rings (SSSR count). The van der Waals surface area contributed by atoms with Gasteiger partial charge in [0.15, 0.2) is 0 Å². The van der Waals surface area contributed by atoms with E-state index in [1.165, 1.54) is 0 Å². The molecule has 0 radical (unpaired) electrons. The zero-order valence-corrected chi connectivity index (χ0v) is 7.66. The lowest BCUT2D eigenvalue weighted by atomic mass is 10.3. The van der Waals surface area contributed by atoms with Crippen LogP contribution in [-0.4, -0.2) is 43.7 Å². The Morgan fingerprint density at radius 3 is 3.23 bits per heavy atom. The van der Waals surface area contributed by atoms with E-state index in [1.54, 1.807) is 12.4 Å². The molecular formula is C8H14N4O. The number of rotatable bonds is 3. The van der Waals surface area contributed by atoms with Crippen LogP contribution in [0.25, 0.3) is 0 Å². The average molecular weight is 182 g/mol. The first-order chi connectivity index (χ1) is 6.24. The molecule has 0 bridgehead atoms. The summed E-state index contributed by atoms with van der Waals surface area (Å²) < 4.78 is 0. The fourth-order valence-electron chi connectivity index (χ4n) is 0.956. The summed E-state index contributed by atoms with van der Waals surface area (Å²) in [5.74, 6) is -0.173. The Bertz CT molecular complexity index is 247. The highest BCUT2D eigenvalue weighted by Crippen LogP contribution is 2.02. The lowest BCUT2D eigenvalue weighted by molar-refractivity contribution is -0.117. The van der Waals surface area contributed by atoms with Crippen LogP contribution in [0, 0.1) is 0 Å². The second-order valence-electron chi connectivity index (χ2n) is 2.81. The van der Waals surface area contributed by atoms with Gasteiger partial charge < -0.3 is 16.0 Å². The van der Waals surface area contributed by atoms with Crippen molar-refractivity contribution < 1.29 is 4.79 Å². The van der Waals surface area contributed by atoms with Crippen molar-refractivity contribution in [2.24, 2.45) is 10.7 Å². The minimum Gasteiger partial charge on any atom is -0.373 e. The van der Waals surface area contributed by atoms with Crippen LogP contribution < -0.4 is 11.1 Å². The topological polar surface area (TPSA) is 70.7 Å². The molecule has 0 aromatic carbocycles. The molecule has 0 aliphatic carbocycles. The Morgan fingerprint density at radius 1 is 1.85 bits per heavy atom. The van der Waals surface area contributed by atoms with Crippen LogP contribution in [0.5, 0.6) is 0 Å². The van der Waals surface area contributed by atoms with Gasteiger partial charge in [-0.05, 0) is 0 Å². The smallest absolute Gasteiger partial charge is 0.271 e. The molecule has 0 atom stereocenters. The van der Waals surface area contributed by atoms with E-state index >= 15 is 0 Å². The van der Waals surface area contributed by atoms with E-state index in [-0.39, 0.29) is 5.91 Å². The Hall–Kier alpha value is -1.36. The molecule has 0 unspecified atom stereocenters. The summed E-state index contributed by atoms with van der Waals surface area (Å²) in [6.45, 7) is 1.67. The van der Waals surface area contributed by atoms with Gasteiger partial charge in [0.05, 0.1) is 6.54 Å². The maximum atomic E-state index is 11.3. The zero-order valence-electron chi connectivity index (χ0n) is 7.66. The van der Waals surface area contributed by atoms with Gasteiger partial charge in [-0.2, -0.15) is 0 Å². The minimum atomic E-state index is -0.173. The minimum absolute atomic E-state index is 0.173. The second kappa shape index (κ2) is 4.61. The van der Waals surface area contributed by atoms with Gasteiger partial charge in [-0.15, -0.1) is 0 Å². The first-order valence-corrected chi connectivity index (χ1v) is 4.17. The fourth-order valence-corrected chi connectivity index (χ4v) is 0.956. The van der Waals surface area contributed by atoms with E-state index in [9.17, 15) is 4.79 Å². The number of amides is 1.